The van der Waals surface area contributed by atoms with Crippen LogP contribution in [0.2, 0.25) is 0 Å². The third-order valence-corrected chi connectivity index (χ3v) is 4.37. The van der Waals surface area contributed by atoms with Gasteiger partial charge >= 0.3 is 6.09 Å². The van der Waals surface area contributed by atoms with Crippen LogP contribution >= 0.6 is 0 Å². The fraction of sp³-hybridized carbons (Fsp3) is 0.444. The van der Waals surface area contributed by atoms with Crippen molar-refractivity contribution >= 4 is 17.9 Å². The number of hydrogen-bond acceptors (Lipinski definition) is 7. The Bertz CT molecular complexity index is 746. The Hall–Kier alpha value is -2.90. The van der Waals surface area contributed by atoms with Crippen LogP contribution < -0.4 is 10.2 Å². The molecule has 1 aliphatic rings. The molecule has 8 heteroatoms. The van der Waals surface area contributed by atoms with Crippen molar-refractivity contribution < 1.29 is 9.53 Å². The molecule has 0 unspecified atom stereocenters. The van der Waals surface area contributed by atoms with Crippen LogP contribution in [-0.4, -0.2) is 59.0 Å². The van der Waals surface area contributed by atoms with E-state index in [1.165, 1.54) is 11.1 Å². The number of ether oxygens (including phenoxy) is 1. The Kier molecular flexibility index (Phi) is 5.83. The van der Waals surface area contributed by atoms with Gasteiger partial charge in [0.05, 0.1) is 12.8 Å². The van der Waals surface area contributed by atoms with Gasteiger partial charge in [-0.25, -0.2) is 4.79 Å². The maximum atomic E-state index is 11.8. The maximum absolute atomic E-state index is 11.8. The summed E-state index contributed by atoms with van der Waals surface area (Å²) in [5.41, 5.74) is 2.42. The number of hydrogen-bond donors (Lipinski definition) is 1. The standard InChI is InChI=1S/C18H24N6O2/c1-3-26-18(25)24-10-8-23(9-11-24)16-13-20-22-17(21-16)19-12-15-7-5-4-6-14(15)2/h4-7,13H,3,8-12H2,1-2H3,(H,19,21,22). The number of aromatic nitrogens is 3. The highest BCUT2D eigenvalue weighted by Crippen LogP contribution is 2.15. The molecule has 1 amide bonds. The number of carbonyl (C=O) groups excluding carboxylic acids is 1. The first-order valence-corrected chi connectivity index (χ1v) is 8.82. The van der Waals surface area contributed by atoms with E-state index < -0.39 is 0 Å². The van der Waals surface area contributed by atoms with Gasteiger partial charge in [0.2, 0.25) is 5.95 Å². The van der Waals surface area contributed by atoms with Crippen LogP contribution in [0.1, 0.15) is 18.1 Å². The molecule has 0 aliphatic carbocycles. The van der Waals surface area contributed by atoms with Crippen molar-refractivity contribution in [1.29, 1.82) is 0 Å². The molecule has 0 atom stereocenters. The van der Waals surface area contributed by atoms with Gasteiger partial charge in [-0.3, -0.25) is 0 Å². The fourth-order valence-electron chi connectivity index (χ4n) is 2.84. The van der Waals surface area contributed by atoms with E-state index in [1.54, 1.807) is 11.1 Å². The third-order valence-electron chi connectivity index (χ3n) is 4.37. The average Bonchev–Trinajstić information content (AvgIpc) is 2.68. The van der Waals surface area contributed by atoms with Crippen LogP contribution in [0.25, 0.3) is 0 Å². The summed E-state index contributed by atoms with van der Waals surface area (Å²) in [6.45, 7) is 7.52. The predicted molar refractivity (Wildman–Crippen MR) is 99.1 cm³/mol. The van der Waals surface area contributed by atoms with Gasteiger partial charge in [-0.1, -0.05) is 24.3 Å². The van der Waals surface area contributed by atoms with Crippen LogP contribution in [0.4, 0.5) is 16.6 Å². The summed E-state index contributed by atoms with van der Waals surface area (Å²) in [4.78, 5) is 20.1. The van der Waals surface area contributed by atoms with Crippen molar-refractivity contribution in [3.05, 3.63) is 41.6 Å². The van der Waals surface area contributed by atoms with Gasteiger partial charge in [-0.05, 0) is 25.0 Å². The van der Waals surface area contributed by atoms with Crippen molar-refractivity contribution in [2.75, 3.05) is 43.0 Å². The molecule has 2 aromatic rings. The lowest BCUT2D eigenvalue weighted by Crippen LogP contribution is -2.49. The molecule has 1 fully saturated rings. The first-order chi connectivity index (χ1) is 12.7. The number of benzene rings is 1. The van der Waals surface area contributed by atoms with E-state index in [1.807, 2.05) is 19.1 Å². The molecule has 2 heterocycles. The van der Waals surface area contributed by atoms with Gasteiger partial charge in [0.1, 0.15) is 0 Å². The SMILES string of the molecule is CCOC(=O)N1CCN(c2cnnc(NCc3ccccc3C)n2)CC1. The van der Waals surface area contributed by atoms with Crippen LogP contribution in [-0.2, 0) is 11.3 Å². The van der Waals surface area contributed by atoms with Crippen molar-refractivity contribution in [1.82, 2.24) is 20.1 Å². The van der Waals surface area contributed by atoms with Gasteiger partial charge in [0, 0.05) is 32.7 Å². The second-order valence-corrected chi connectivity index (χ2v) is 6.09. The topological polar surface area (TPSA) is 83.5 Å². The monoisotopic (exact) mass is 356 g/mol. The van der Waals surface area contributed by atoms with E-state index in [2.05, 4.69) is 44.5 Å². The summed E-state index contributed by atoms with van der Waals surface area (Å²) in [5, 5.41) is 11.3. The summed E-state index contributed by atoms with van der Waals surface area (Å²) in [6, 6.07) is 8.19. The van der Waals surface area contributed by atoms with Gasteiger partial charge in [-0.15, -0.1) is 5.10 Å². The third kappa shape index (κ3) is 4.38. The molecule has 1 aliphatic heterocycles. The molecule has 1 aromatic carbocycles. The van der Waals surface area contributed by atoms with E-state index >= 15 is 0 Å². The molecule has 0 spiro atoms. The van der Waals surface area contributed by atoms with Gasteiger partial charge in [-0.2, -0.15) is 10.1 Å². The molecule has 26 heavy (non-hydrogen) atoms. The van der Waals surface area contributed by atoms with Crippen molar-refractivity contribution in [2.24, 2.45) is 0 Å². The quantitative estimate of drug-likeness (QED) is 0.878. The lowest BCUT2D eigenvalue weighted by Gasteiger charge is -2.34. The molecule has 1 saturated heterocycles. The van der Waals surface area contributed by atoms with Gasteiger partial charge < -0.3 is 19.9 Å². The van der Waals surface area contributed by atoms with Crippen LogP contribution in [0.3, 0.4) is 0 Å². The predicted octanol–water partition coefficient (Wildman–Crippen LogP) is 2.07. The van der Waals surface area contributed by atoms with Gasteiger partial charge in [0.25, 0.3) is 0 Å². The number of amides is 1. The van der Waals surface area contributed by atoms with E-state index in [-0.39, 0.29) is 6.09 Å². The zero-order valence-corrected chi connectivity index (χ0v) is 15.2. The molecule has 8 nitrogen and oxygen atoms in total. The number of carbonyl (C=O) groups is 1. The van der Waals surface area contributed by atoms with Crippen molar-refractivity contribution in [3.8, 4) is 0 Å². The first-order valence-electron chi connectivity index (χ1n) is 8.82. The zero-order valence-electron chi connectivity index (χ0n) is 15.2. The number of nitrogens with one attached hydrogen (secondary N) is 1. The number of nitrogens with zero attached hydrogens (tertiary/aromatic N) is 5. The maximum Gasteiger partial charge on any atom is 0.409 e. The van der Waals surface area contributed by atoms with Crippen molar-refractivity contribution in [2.45, 2.75) is 20.4 Å². The van der Waals surface area contributed by atoms with Crippen LogP contribution in [0, 0.1) is 6.92 Å². The van der Waals surface area contributed by atoms with Crippen molar-refractivity contribution in [3.63, 3.8) is 0 Å². The zero-order chi connectivity index (χ0) is 18.4. The van der Waals surface area contributed by atoms with E-state index in [9.17, 15) is 4.79 Å². The first kappa shape index (κ1) is 17.9. The Labute approximate surface area is 153 Å². The van der Waals surface area contributed by atoms with Crippen LogP contribution in [0.5, 0.6) is 0 Å². The molecule has 1 N–H and O–H groups in total. The minimum atomic E-state index is -0.256. The van der Waals surface area contributed by atoms with Crippen LogP contribution in [0.15, 0.2) is 30.5 Å². The average molecular weight is 356 g/mol. The second kappa shape index (κ2) is 8.46. The molecule has 3 rings (SSSR count). The van der Waals surface area contributed by atoms with E-state index in [4.69, 9.17) is 4.74 Å². The lowest BCUT2D eigenvalue weighted by atomic mass is 10.1. The highest BCUT2D eigenvalue weighted by Gasteiger charge is 2.23. The molecule has 0 radical (unpaired) electrons. The normalized spacial score (nSPS) is 14.2. The largest absolute Gasteiger partial charge is 0.450 e. The second-order valence-electron chi connectivity index (χ2n) is 6.09. The Morgan fingerprint density at radius 2 is 2.00 bits per heavy atom. The number of rotatable bonds is 5. The molecule has 138 valence electrons. The summed E-state index contributed by atoms with van der Waals surface area (Å²) >= 11 is 0. The summed E-state index contributed by atoms with van der Waals surface area (Å²) in [7, 11) is 0. The molecule has 0 bridgehead atoms. The summed E-state index contributed by atoms with van der Waals surface area (Å²) < 4.78 is 5.05. The minimum absolute atomic E-state index is 0.256. The minimum Gasteiger partial charge on any atom is -0.450 e. The van der Waals surface area contributed by atoms with E-state index in [0.29, 0.717) is 45.3 Å². The molecular formula is C18H24N6O2. The lowest BCUT2D eigenvalue weighted by molar-refractivity contribution is 0.105. The number of piperazine rings is 1. The molecule has 0 saturated carbocycles. The Morgan fingerprint density at radius 1 is 1.23 bits per heavy atom. The van der Waals surface area contributed by atoms with E-state index in [0.717, 1.165) is 5.82 Å². The number of aryl methyl sites for hydroxylation is 1. The highest BCUT2D eigenvalue weighted by molar-refractivity contribution is 5.68. The van der Waals surface area contributed by atoms with Gasteiger partial charge in [0.15, 0.2) is 5.82 Å². The Morgan fingerprint density at radius 3 is 2.73 bits per heavy atom. The number of anilines is 2. The fourth-order valence-corrected chi connectivity index (χ4v) is 2.84. The molecule has 1 aromatic heterocycles. The smallest absolute Gasteiger partial charge is 0.409 e. The Balaban J connectivity index is 1.58. The summed E-state index contributed by atoms with van der Waals surface area (Å²) in [6.07, 6.45) is 1.40. The molecular weight excluding hydrogens is 332 g/mol. The summed E-state index contributed by atoms with van der Waals surface area (Å²) in [5.74, 6) is 1.26. The highest BCUT2D eigenvalue weighted by atomic mass is 16.6.